The van der Waals surface area contributed by atoms with Gasteiger partial charge in [-0.25, -0.2) is 0 Å². The van der Waals surface area contributed by atoms with Crippen LogP contribution in [0.5, 0.6) is 0 Å². The maximum Gasteiger partial charge on any atom is 0.251 e. The third kappa shape index (κ3) is 1.92. The van der Waals surface area contributed by atoms with Crippen molar-refractivity contribution in [3.63, 3.8) is 0 Å². The van der Waals surface area contributed by atoms with Crippen LogP contribution in [0.15, 0.2) is 6.20 Å². The van der Waals surface area contributed by atoms with Gasteiger partial charge in [0, 0.05) is 6.54 Å². The van der Waals surface area contributed by atoms with Crippen LogP contribution in [0, 0.1) is 0 Å². The van der Waals surface area contributed by atoms with Gasteiger partial charge in [0.15, 0.2) is 11.2 Å². The van der Waals surface area contributed by atoms with Gasteiger partial charge in [0.1, 0.15) is 5.82 Å². The highest BCUT2D eigenvalue weighted by Crippen LogP contribution is 2.29. The molecule has 106 valence electrons. The summed E-state index contributed by atoms with van der Waals surface area (Å²) in [5.74, 6) is -0.0850. The van der Waals surface area contributed by atoms with Gasteiger partial charge >= 0.3 is 0 Å². The van der Waals surface area contributed by atoms with Gasteiger partial charge in [0.25, 0.3) is 5.91 Å². The SMILES string of the molecule is NC(=O)C1(O)CCCN(c2nc(N)nc3[nH]ncc23)C1. The Bertz CT molecular complexity index is 670. The van der Waals surface area contributed by atoms with Crippen molar-refractivity contribution in [3.8, 4) is 0 Å². The fourth-order valence-corrected chi connectivity index (χ4v) is 2.50. The quantitative estimate of drug-likeness (QED) is 0.536. The fraction of sp³-hybridized carbons (Fsp3) is 0.455. The zero-order chi connectivity index (χ0) is 14.3. The topological polar surface area (TPSA) is 147 Å². The monoisotopic (exact) mass is 277 g/mol. The van der Waals surface area contributed by atoms with E-state index in [1.54, 1.807) is 11.1 Å². The first-order valence-electron chi connectivity index (χ1n) is 6.23. The summed E-state index contributed by atoms with van der Waals surface area (Å²) in [6, 6.07) is 0. The van der Waals surface area contributed by atoms with Crippen LogP contribution < -0.4 is 16.4 Å². The number of aliphatic hydroxyl groups is 1. The van der Waals surface area contributed by atoms with Crippen molar-refractivity contribution in [2.45, 2.75) is 18.4 Å². The minimum atomic E-state index is -1.55. The van der Waals surface area contributed by atoms with Gasteiger partial charge < -0.3 is 21.5 Å². The number of carbonyl (C=O) groups excluding carboxylic acids is 1. The number of rotatable bonds is 2. The predicted octanol–water partition coefficient (Wildman–Crippen LogP) is -1.25. The molecule has 1 fully saturated rings. The second kappa shape index (κ2) is 4.30. The van der Waals surface area contributed by atoms with E-state index in [0.717, 1.165) is 0 Å². The molecule has 1 aliphatic heterocycles. The summed E-state index contributed by atoms with van der Waals surface area (Å²) in [5.41, 5.74) is 9.91. The van der Waals surface area contributed by atoms with Crippen LogP contribution in [-0.4, -0.2) is 49.9 Å². The summed E-state index contributed by atoms with van der Waals surface area (Å²) >= 11 is 0. The summed E-state index contributed by atoms with van der Waals surface area (Å²) in [6.45, 7) is 0.728. The molecule has 1 unspecified atom stereocenters. The number of amides is 1. The normalized spacial score (nSPS) is 23.1. The maximum atomic E-state index is 11.4. The van der Waals surface area contributed by atoms with Crippen LogP contribution >= 0.6 is 0 Å². The molecule has 0 saturated carbocycles. The molecular weight excluding hydrogens is 262 g/mol. The van der Waals surface area contributed by atoms with Gasteiger partial charge in [0.05, 0.1) is 18.1 Å². The number of nitrogens with two attached hydrogens (primary N) is 2. The first kappa shape index (κ1) is 12.6. The number of piperidine rings is 1. The lowest BCUT2D eigenvalue weighted by Gasteiger charge is -2.37. The van der Waals surface area contributed by atoms with E-state index >= 15 is 0 Å². The Morgan fingerprint density at radius 3 is 3.05 bits per heavy atom. The number of nitrogen functional groups attached to an aromatic ring is 1. The lowest BCUT2D eigenvalue weighted by Crippen LogP contribution is -2.56. The average molecular weight is 277 g/mol. The Morgan fingerprint density at radius 1 is 1.50 bits per heavy atom. The molecule has 2 aromatic heterocycles. The summed E-state index contributed by atoms with van der Waals surface area (Å²) < 4.78 is 0. The molecule has 3 rings (SSSR count). The zero-order valence-electron chi connectivity index (χ0n) is 10.7. The lowest BCUT2D eigenvalue weighted by atomic mass is 9.92. The molecule has 9 heteroatoms. The van der Waals surface area contributed by atoms with Crippen LogP contribution in [0.2, 0.25) is 0 Å². The number of aromatic nitrogens is 4. The Labute approximate surface area is 114 Å². The van der Waals surface area contributed by atoms with Crippen molar-refractivity contribution in [2.75, 3.05) is 23.7 Å². The molecule has 1 amide bonds. The van der Waals surface area contributed by atoms with Crippen LogP contribution in [0.3, 0.4) is 0 Å². The summed E-state index contributed by atoms with van der Waals surface area (Å²) in [5, 5.41) is 17.6. The standard InChI is InChI=1S/C11H15N7O2/c12-9(19)11(20)2-1-3-18(5-11)8-6-4-14-17-7(6)15-10(13)16-8/h4,20H,1-3,5H2,(H2,12,19)(H3,13,14,15,16,17). The number of nitrogens with zero attached hydrogens (tertiary/aromatic N) is 4. The molecule has 9 nitrogen and oxygen atoms in total. The van der Waals surface area contributed by atoms with Crippen LogP contribution in [0.25, 0.3) is 11.0 Å². The number of fused-ring (bicyclic) bond motifs is 1. The molecular formula is C11H15N7O2. The second-order valence-corrected chi connectivity index (χ2v) is 4.96. The van der Waals surface area contributed by atoms with E-state index in [0.29, 0.717) is 36.2 Å². The van der Waals surface area contributed by atoms with E-state index in [-0.39, 0.29) is 12.5 Å². The Kier molecular flexibility index (Phi) is 2.71. The van der Waals surface area contributed by atoms with Gasteiger partial charge in [0.2, 0.25) is 5.95 Å². The molecule has 1 aliphatic rings. The number of anilines is 2. The Balaban J connectivity index is 2.02. The van der Waals surface area contributed by atoms with E-state index in [9.17, 15) is 9.90 Å². The van der Waals surface area contributed by atoms with Crippen molar-refractivity contribution in [1.29, 1.82) is 0 Å². The van der Waals surface area contributed by atoms with E-state index in [4.69, 9.17) is 11.5 Å². The van der Waals surface area contributed by atoms with E-state index < -0.39 is 11.5 Å². The van der Waals surface area contributed by atoms with Crippen LogP contribution in [-0.2, 0) is 4.79 Å². The van der Waals surface area contributed by atoms with Gasteiger partial charge in [-0.05, 0) is 12.8 Å². The number of nitrogens with one attached hydrogen (secondary N) is 1. The van der Waals surface area contributed by atoms with E-state index in [2.05, 4.69) is 20.2 Å². The Hall–Kier alpha value is -2.42. The highest BCUT2D eigenvalue weighted by atomic mass is 16.3. The molecule has 1 atom stereocenters. The summed E-state index contributed by atoms with van der Waals surface area (Å²) in [6.07, 6.45) is 2.55. The molecule has 20 heavy (non-hydrogen) atoms. The minimum Gasteiger partial charge on any atom is -0.378 e. The number of H-pyrrole nitrogens is 1. The molecule has 1 saturated heterocycles. The second-order valence-electron chi connectivity index (χ2n) is 4.96. The zero-order valence-corrected chi connectivity index (χ0v) is 10.7. The molecule has 0 bridgehead atoms. The third-order valence-corrected chi connectivity index (χ3v) is 3.54. The van der Waals surface area contributed by atoms with Crippen molar-refractivity contribution in [1.82, 2.24) is 20.2 Å². The number of primary amides is 1. The van der Waals surface area contributed by atoms with E-state index in [1.165, 1.54) is 0 Å². The molecule has 0 spiro atoms. The molecule has 0 radical (unpaired) electrons. The molecule has 0 aliphatic carbocycles. The van der Waals surface area contributed by atoms with Gasteiger partial charge in [-0.2, -0.15) is 15.1 Å². The molecule has 6 N–H and O–H groups in total. The average Bonchev–Trinajstić information content (AvgIpc) is 2.85. The molecule has 3 heterocycles. The fourth-order valence-electron chi connectivity index (χ4n) is 2.50. The highest BCUT2D eigenvalue weighted by Gasteiger charge is 2.39. The molecule has 0 aromatic carbocycles. The lowest BCUT2D eigenvalue weighted by molar-refractivity contribution is -0.137. The summed E-state index contributed by atoms with van der Waals surface area (Å²) in [4.78, 5) is 21.4. The highest BCUT2D eigenvalue weighted by molar-refractivity contribution is 5.89. The number of hydrogen-bond acceptors (Lipinski definition) is 7. The number of aromatic amines is 1. The van der Waals surface area contributed by atoms with Crippen molar-refractivity contribution in [3.05, 3.63) is 6.20 Å². The number of carbonyl (C=O) groups is 1. The molecule has 2 aromatic rings. The summed E-state index contributed by atoms with van der Waals surface area (Å²) in [7, 11) is 0. The first-order valence-corrected chi connectivity index (χ1v) is 6.23. The largest absolute Gasteiger partial charge is 0.378 e. The number of hydrogen-bond donors (Lipinski definition) is 4. The first-order chi connectivity index (χ1) is 9.49. The Morgan fingerprint density at radius 2 is 2.30 bits per heavy atom. The van der Waals surface area contributed by atoms with Crippen molar-refractivity contribution >= 4 is 28.7 Å². The van der Waals surface area contributed by atoms with Crippen LogP contribution in [0.1, 0.15) is 12.8 Å². The van der Waals surface area contributed by atoms with E-state index in [1.807, 2.05) is 0 Å². The van der Waals surface area contributed by atoms with Crippen molar-refractivity contribution in [2.24, 2.45) is 5.73 Å². The maximum absolute atomic E-state index is 11.4. The van der Waals surface area contributed by atoms with Gasteiger partial charge in [-0.1, -0.05) is 0 Å². The predicted molar refractivity (Wildman–Crippen MR) is 71.7 cm³/mol. The van der Waals surface area contributed by atoms with Gasteiger partial charge in [-0.15, -0.1) is 0 Å². The third-order valence-electron chi connectivity index (χ3n) is 3.54. The smallest absolute Gasteiger partial charge is 0.251 e. The van der Waals surface area contributed by atoms with Crippen LogP contribution in [0.4, 0.5) is 11.8 Å². The number of β-amino-alcohol motifs (C(OH)–C–C–N with tert-alkyl or cyclic N) is 1. The van der Waals surface area contributed by atoms with Crippen molar-refractivity contribution < 1.29 is 9.90 Å². The minimum absolute atomic E-state index is 0.0824. The van der Waals surface area contributed by atoms with Gasteiger partial charge in [-0.3, -0.25) is 9.89 Å².